The molecule has 0 bridgehead atoms. The van der Waals surface area contributed by atoms with E-state index in [1.165, 1.54) is 6.07 Å². The Morgan fingerprint density at radius 3 is 2.70 bits per heavy atom. The number of sulfone groups is 1. The number of nitrogens with one attached hydrogen (secondary N) is 1. The van der Waals surface area contributed by atoms with Gasteiger partial charge in [0.15, 0.2) is 4.91 Å². The molecule has 0 saturated carbocycles. The number of piperidine rings is 1. The number of allylic oxidation sites excluding steroid dienone is 2. The highest BCUT2D eigenvalue weighted by atomic mass is 79.9. The minimum Gasteiger partial charge on any atom is -0.387 e. The molecule has 1 fully saturated rings. The Morgan fingerprint density at radius 1 is 1.40 bits per heavy atom. The fourth-order valence-corrected chi connectivity index (χ4v) is 3.78. The van der Waals surface area contributed by atoms with E-state index < -0.39 is 25.5 Å². The highest BCUT2D eigenvalue weighted by molar-refractivity contribution is 9.10. The molecule has 0 unspecified atom stereocenters. The van der Waals surface area contributed by atoms with E-state index in [1.807, 2.05) is 0 Å². The van der Waals surface area contributed by atoms with Gasteiger partial charge in [0.1, 0.15) is 16.8 Å². The number of nitriles is 1. The van der Waals surface area contributed by atoms with Gasteiger partial charge in [0.25, 0.3) is 0 Å². The van der Waals surface area contributed by atoms with Crippen LogP contribution in [0.5, 0.6) is 0 Å². The topological polar surface area (TPSA) is 70.0 Å². The molecule has 0 aliphatic carbocycles. The Labute approximate surface area is 125 Å². The predicted molar refractivity (Wildman–Crippen MR) is 75.8 cm³/mol. The first-order chi connectivity index (χ1) is 9.46. The first-order valence-corrected chi connectivity index (χ1v) is 8.31. The second-order valence-electron chi connectivity index (χ2n) is 4.38. The number of hydrogen-bond acceptors (Lipinski definition) is 4. The summed E-state index contributed by atoms with van der Waals surface area (Å²) in [6.45, 7) is 0.624. The molecule has 1 heterocycles. The maximum absolute atomic E-state index is 13.8. The Hall–Kier alpha value is -1.39. The van der Waals surface area contributed by atoms with Gasteiger partial charge in [-0.3, -0.25) is 0 Å². The van der Waals surface area contributed by atoms with Crippen molar-refractivity contribution >= 4 is 25.8 Å². The van der Waals surface area contributed by atoms with Gasteiger partial charge in [-0.15, -0.1) is 0 Å². The fourth-order valence-electron chi connectivity index (χ4n) is 2.04. The molecule has 0 spiro atoms. The quantitative estimate of drug-likeness (QED) is 0.825. The summed E-state index contributed by atoms with van der Waals surface area (Å²) >= 11 is 3.07. The lowest BCUT2D eigenvalue weighted by molar-refractivity contribution is 0.565. The van der Waals surface area contributed by atoms with E-state index in [-0.39, 0.29) is 0 Å². The van der Waals surface area contributed by atoms with E-state index in [2.05, 4.69) is 21.2 Å². The predicted octanol–water partition coefficient (Wildman–Crippen LogP) is 2.87. The lowest BCUT2D eigenvalue weighted by Gasteiger charge is -2.18. The van der Waals surface area contributed by atoms with Crippen molar-refractivity contribution in [2.45, 2.75) is 24.2 Å². The molecule has 1 aliphatic heterocycles. The molecule has 0 atom stereocenters. The number of rotatable bonds is 2. The first-order valence-electron chi connectivity index (χ1n) is 6.04. The second kappa shape index (κ2) is 5.94. The Bertz CT molecular complexity index is 700. The monoisotopic (exact) mass is 358 g/mol. The number of nitrogens with zero attached hydrogens (tertiary/aromatic N) is 1. The second-order valence-corrected chi connectivity index (χ2v) is 7.15. The van der Waals surface area contributed by atoms with Crippen molar-refractivity contribution in [2.75, 3.05) is 6.54 Å². The number of halogens is 2. The summed E-state index contributed by atoms with van der Waals surface area (Å²) in [5.74, 6) is -0.872. The van der Waals surface area contributed by atoms with E-state index in [9.17, 15) is 12.8 Å². The summed E-state index contributed by atoms with van der Waals surface area (Å²) in [4.78, 5) is -0.865. The van der Waals surface area contributed by atoms with Crippen LogP contribution in [0.15, 0.2) is 38.2 Å². The average Bonchev–Trinajstić information content (AvgIpc) is 2.40. The van der Waals surface area contributed by atoms with E-state index in [0.29, 0.717) is 23.1 Å². The maximum atomic E-state index is 13.8. The van der Waals surface area contributed by atoms with Crippen molar-refractivity contribution in [3.05, 3.63) is 39.1 Å². The minimum absolute atomic E-state index is 0.376. The molecule has 1 aromatic rings. The smallest absolute Gasteiger partial charge is 0.221 e. The van der Waals surface area contributed by atoms with E-state index in [4.69, 9.17) is 5.26 Å². The molecule has 1 saturated heterocycles. The highest BCUT2D eigenvalue weighted by Gasteiger charge is 2.28. The third-order valence-electron chi connectivity index (χ3n) is 3.02. The number of hydrogen-bond donors (Lipinski definition) is 1. The lowest BCUT2D eigenvalue weighted by atomic mass is 10.1. The van der Waals surface area contributed by atoms with Gasteiger partial charge in [0.2, 0.25) is 9.84 Å². The molecule has 0 radical (unpaired) electrons. The molecule has 0 amide bonds. The largest absolute Gasteiger partial charge is 0.387 e. The molecule has 20 heavy (non-hydrogen) atoms. The van der Waals surface area contributed by atoms with Crippen LogP contribution in [0, 0.1) is 17.1 Å². The van der Waals surface area contributed by atoms with Gasteiger partial charge in [-0.1, -0.05) is 15.9 Å². The Balaban J connectivity index is 2.56. The van der Waals surface area contributed by atoms with Gasteiger partial charge in [-0.2, -0.15) is 5.26 Å². The van der Waals surface area contributed by atoms with Gasteiger partial charge < -0.3 is 5.32 Å². The zero-order chi connectivity index (χ0) is 14.8. The molecular formula is C13H12BrFN2O2S. The molecular weight excluding hydrogens is 347 g/mol. The van der Waals surface area contributed by atoms with E-state index in [1.54, 1.807) is 6.07 Å². The minimum atomic E-state index is -4.14. The van der Waals surface area contributed by atoms with Crippen molar-refractivity contribution in [3.63, 3.8) is 0 Å². The van der Waals surface area contributed by atoms with Crippen molar-refractivity contribution in [1.29, 1.82) is 5.26 Å². The van der Waals surface area contributed by atoms with Crippen LogP contribution >= 0.6 is 15.9 Å². The summed E-state index contributed by atoms with van der Waals surface area (Å²) in [5, 5.41) is 12.1. The lowest BCUT2D eigenvalue weighted by Crippen LogP contribution is -2.23. The van der Waals surface area contributed by atoms with Crippen molar-refractivity contribution in [1.82, 2.24) is 5.32 Å². The van der Waals surface area contributed by atoms with Crippen LogP contribution in [-0.4, -0.2) is 15.0 Å². The molecule has 2 rings (SSSR count). The first kappa shape index (κ1) is 15.0. The third kappa shape index (κ3) is 2.86. The van der Waals surface area contributed by atoms with Crippen LogP contribution in [0.1, 0.15) is 19.3 Å². The summed E-state index contributed by atoms with van der Waals surface area (Å²) in [5.41, 5.74) is 0.376. The van der Waals surface area contributed by atoms with Crippen LogP contribution in [0.3, 0.4) is 0 Å². The highest BCUT2D eigenvalue weighted by Crippen LogP contribution is 2.27. The van der Waals surface area contributed by atoms with Crippen LogP contribution in [-0.2, 0) is 9.84 Å². The summed E-state index contributed by atoms with van der Waals surface area (Å²) in [6, 6.07) is 5.37. The van der Waals surface area contributed by atoms with Crippen molar-refractivity contribution in [2.24, 2.45) is 0 Å². The van der Waals surface area contributed by atoms with Crippen molar-refractivity contribution < 1.29 is 12.8 Å². The van der Waals surface area contributed by atoms with E-state index >= 15 is 0 Å². The molecule has 1 N–H and O–H groups in total. The van der Waals surface area contributed by atoms with Gasteiger partial charge in [0.05, 0.1) is 0 Å². The number of benzene rings is 1. The van der Waals surface area contributed by atoms with Gasteiger partial charge in [-0.05, 0) is 37.5 Å². The summed E-state index contributed by atoms with van der Waals surface area (Å²) < 4.78 is 39.1. The molecule has 7 heteroatoms. The maximum Gasteiger partial charge on any atom is 0.221 e. The zero-order valence-electron chi connectivity index (χ0n) is 10.5. The van der Waals surface area contributed by atoms with Crippen LogP contribution in [0.2, 0.25) is 0 Å². The summed E-state index contributed by atoms with van der Waals surface area (Å²) in [6.07, 6.45) is 2.22. The normalized spacial score (nSPS) is 18.1. The fraction of sp³-hybridized carbons (Fsp3) is 0.308. The van der Waals surface area contributed by atoms with Gasteiger partial charge >= 0.3 is 0 Å². The Kier molecular flexibility index (Phi) is 4.45. The Morgan fingerprint density at radius 2 is 2.15 bits per heavy atom. The molecule has 4 nitrogen and oxygen atoms in total. The van der Waals surface area contributed by atoms with Crippen LogP contribution in [0.25, 0.3) is 0 Å². The SMILES string of the molecule is N#C/C(=C1/CCCCN1)S(=O)(=O)c1ccc(Br)cc1F. The van der Waals surface area contributed by atoms with Gasteiger partial charge in [0, 0.05) is 16.7 Å². The third-order valence-corrected chi connectivity index (χ3v) is 5.30. The van der Waals surface area contributed by atoms with Crippen LogP contribution < -0.4 is 5.32 Å². The van der Waals surface area contributed by atoms with E-state index in [0.717, 1.165) is 25.0 Å². The molecule has 0 aromatic heterocycles. The van der Waals surface area contributed by atoms with Crippen LogP contribution in [0.4, 0.5) is 4.39 Å². The van der Waals surface area contributed by atoms with Gasteiger partial charge in [-0.25, -0.2) is 12.8 Å². The zero-order valence-corrected chi connectivity index (χ0v) is 12.9. The molecule has 106 valence electrons. The average molecular weight is 359 g/mol. The van der Waals surface area contributed by atoms with Crippen molar-refractivity contribution in [3.8, 4) is 6.07 Å². The molecule has 1 aromatic carbocycles. The molecule has 1 aliphatic rings. The standard InChI is InChI=1S/C13H12BrFN2O2S/c14-9-4-5-12(10(15)7-9)20(18,19)13(8-16)11-3-1-2-6-17-11/h4-5,7,17H,1-3,6H2/b13-11+. The summed E-state index contributed by atoms with van der Waals surface area (Å²) in [7, 11) is -4.14.